The van der Waals surface area contributed by atoms with Crippen LogP contribution in [0.15, 0.2) is 6.20 Å². The normalized spacial score (nSPS) is 20.4. The molecule has 3 rings (SSSR count). The van der Waals surface area contributed by atoms with Crippen molar-refractivity contribution in [2.45, 2.75) is 52.3 Å². The Balaban J connectivity index is 1.84. The van der Waals surface area contributed by atoms with Gasteiger partial charge in [0.25, 0.3) is 0 Å². The summed E-state index contributed by atoms with van der Waals surface area (Å²) in [5.74, 6) is 0.350. The molecule has 0 spiro atoms. The third-order valence-corrected chi connectivity index (χ3v) is 4.45. The summed E-state index contributed by atoms with van der Waals surface area (Å²) in [6.07, 6.45) is 3.90. The lowest BCUT2D eigenvalue weighted by Gasteiger charge is -2.33. The molecule has 8 heteroatoms. The lowest BCUT2D eigenvalue weighted by molar-refractivity contribution is 0.162. The van der Waals surface area contributed by atoms with Crippen molar-refractivity contribution < 1.29 is 4.74 Å². The van der Waals surface area contributed by atoms with E-state index in [1.54, 1.807) is 4.52 Å². The lowest BCUT2D eigenvalue weighted by Crippen LogP contribution is -2.49. The number of aromatic nitrogens is 4. The van der Waals surface area contributed by atoms with E-state index in [2.05, 4.69) is 39.1 Å². The molecule has 2 unspecified atom stereocenters. The summed E-state index contributed by atoms with van der Waals surface area (Å²) in [5, 5.41) is 7.91. The molecular weight excluding hydrogens is 306 g/mol. The fourth-order valence-electron chi connectivity index (χ4n) is 3.06. The van der Waals surface area contributed by atoms with E-state index in [1.807, 2.05) is 13.1 Å². The molecule has 0 radical (unpaired) electrons. The first kappa shape index (κ1) is 16.9. The molecule has 132 valence electrons. The number of hydrogen-bond acceptors (Lipinski definition) is 7. The average Bonchev–Trinajstić information content (AvgIpc) is 2.93. The molecule has 1 aliphatic heterocycles. The fourth-order valence-corrected chi connectivity index (χ4v) is 3.06. The van der Waals surface area contributed by atoms with Gasteiger partial charge >= 0.3 is 6.01 Å². The molecule has 1 fully saturated rings. The van der Waals surface area contributed by atoms with Crippen LogP contribution in [0.3, 0.4) is 0 Å². The van der Waals surface area contributed by atoms with Crippen LogP contribution in [-0.4, -0.2) is 56.3 Å². The molecule has 8 nitrogen and oxygen atoms in total. The Bertz CT molecular complexity index is 686. The van der Waals surface area contributed by atoms with Crippen LogP contribution >= 0.6 is 0 Å². The first-order valence-electron chi connectivity index (χ1n) is 8.70. The van der Waals surface area contributed by atoms with Gasteiger partial charge in [-0.25, -0.2) is 9.50 Å². The van der Waals surface area contributed by atoms with Gasteiger partial charge in [-0.15, -0.1) is 5.10 Å². The van der Waals surface area contributed by atoms with Gasteiger partial charge in [-0.2, -0.15) is 4.98 Å². The topological polar surface area (TPSA) is 93.6 Å². The predicted octanol–water partition coefficient (Wildman–Crippen LogP) is 1.07. The highest BCUT2D eigenvalue weighted by Crippen LogP contribution is 2.18. The maximum Gasteiger partial charge on any atom is 0.336 e. The van der Waals surface area contributed by atoms with Gasteiger partial charge in [-0.05, 0) is 20.3 Å². The SMILES string of the molecule is CCCC(C)Oc1nc(N)c2ncc(CN3CCNCC3C)n2n1. The van der Waals surface area contributed by atoms with Crippen molar-refractivity contribution in [1.82, 2.24) is 29.8 Å². The number of ether oxygens (including phenoxy) is 1. The standard InChI is InChI=1S/C16H27N7O/c1-4-5-12(3)24-16-20-14(17)15-19-9-13(23(15)21-16)10-22-7-6-18-8-11(22)2/h9,11-12,18H,4-8,10H2,1-3H3,(H2,17,20,21). The summed E-state index contributed by atoms with van der Waals surface area (Å²) >= 11 is 0. The Kier molecular flexibility index (Phi) is 5.15. The molecule has 1 saturated heterocycles. The van der Waals surface area contributed by atoms with E-state index < -0.39 is 0 Å². The minimum absolute atomic E-state index is 0.0620. The molecule has 24 heavy (non-hydrogen) atoms. The minimum Gasteiger partial charge on any atom is -0.459 e. The Hall–Kier alpha value is -1.93. The summed E-state index contributed by atoms with van der Waals surface area (Å²) in [4.78, 5) is 11.0. The summed E-state index contributed by atoms with van der Waals surface area (Å²) in [6, 6.07) is 0.789. The molecule has 3 heterocycles. The van der Waals surface area contributed by atoms with Crippen LogP contribution in [0.5, 0.6) is 6.01 Å². The van der Waals surface area contributed by atoms with Crippen molar-refractivity contribution in [1.29, 1.82) is 0 Å². The number of imidazole rings is 1. The van der Waals surface area contributed by atoms with Crippen molar-refractivity contribution in [3.63, 3.8) is 0 Å². The van der Waals surface area contributed by atoms with Gasteiger partial charge in [0.15, 0.2) is 11.5 Å². The van der Waals surface area contributed by atoms with Crippen molar-refractivity contribution in [2.24, 2.45) is 0 Å². The fraction of sp³-hybridized carbons (Fsp3) is 0.688. The van der Waals surface area contributed by atoms with Crippen molar-refractivity contribution >= 4 is 11.5 Å². The molecular formula is C16H27N7O. The van der Waals surface area contributed by atoms with Crippen LogP contribution in [0, 0.1) is 0 Å². The molecule has 2 atom stereocenters. The van der Waals surface area contributed by atoms with Crippen LogP contribution in [0.25, 0.3) is 5.65 Å². The number of piperazine rings is 1. The second-order valence-electron chi connectivity index (χ2n) is 6.51. The predicted molar refractivity (Wildman–Crippen MR) is 92.9 cm³/mol. The van der Waals surface area contributed by atoms with Gasteiger partial charge in [-0.3, -0.25) is 4.90 Å². The van der Waals surface area contributed by atoms with E-state index in [4.69, 9.17) is 10.5 Å². The van der Waals surface area contributed by atoms with E-state index in [0.29, 0.717) is 23.5 Å². The van der Waals surface area contributed by atoms with E-state index in [-0.39, 0.29) is 6.10 Å². The minimum atomic E-state index is 0.0620. The number of rotatable bonds is 6. The maximum absolute atomic E-state index is 6.04. The maximum atomic E-state index is 6.04. The average molecular weight is 333 g/mol. The van der Waals surface area contributed by atoms with Crippen LogP contribution in [-0.2, 0) is 6.54 Å². The molecule has 2 aromatic heterocycles. The van der Waals surface area contributed by atoms with Crippen LogP contribution in [0.4, 0.5) is 5.82 Å². The number of hydrogen-bond donors (Lipinski definition) is 2. The van der Waals surface area contributed by atoms with Crippen molar-refractivity contribution in [2.75, 3.05) is 25.4 Å². The second kappa shape index (κ2) is 7.31. The highest BCUT2D eigenvalue weighted by molar-refractivity contribution is 5.59. The van der Waals surface area contributed by atoms with E-state index in [1.165, 1.54) is 0 Å². The number of nitrogens with zero attached hydrogens (tertiary/aromatic N) is 5. The number of fused-ring (bicyclic) bond motifs is 1. The largest absolute Gasteiger partial charge is 0.459 e. The quantitative estimate of drug-likeness (QED) is 0.816. The zero-order valence-corrected chi connectivity index (χ0v) is 14.7. The molecule has 1 aliphatic rings. The Labute approximate surface area is 142 Å². The van der Waals surface area contributed by atoms with E-state index in [0.717, 1.165) is 44.7 Å². The summed E-state index contributed by atoms with van der Waals surface area (Å²) in [6.45, 7) is 10.2. The molecule has 0 bridgehead atoms. The van der Waals surface area contributed by atoms with Crippen molar-refractivity contribution in [3.8, 4) is 6.01 Å². The van der Waals surface area contributed by atoms with Gasteiger partial charge in [0.1, 0.15) is 0 Å². The third-order valence-electron chi connectivity index (χ3n) is 4.45. The molecule has 2 aromatic rings. The molecule has 0 aliphatic carbocycles. The monoisotopic (exact) mass is 333 g/mol. The van der Waals surface area contributed by atoms with E-state index in [9.17, 15) is 0 Å². The summed E-state index contributed by atoms with van der Waals surface area (Å²) in [5.41, 5.74) is 7.63. The van der Waals surface area contributed by atoms with Gasteiger partial charge in [-0.1, -0.05) is 13.3 Å². The first-order valence-corrected chi connectivity index (χ1v) is 8.70. The highest BCUT2D eigenvalue weighted by Gasteiger charge is 2.21. The molecule has 0 aromatic carbocycles. The Morgan fingerprint density at radius 1 is 1.50 bits per heavy atom. The number of nitrogen functional groups attached to an aromatic ring is 1. The van der Waals surface area contributed by atoms with Gasteiger partial charge in [0.05, 0.1) is 18.0 Å². The summed E-state index contributed by atoms with van der Waals surface area (Å²) in [7, 11) is 0. The van der Waals surface area contributed by atoms with Crippen molar-refractivity contribution in [3.05, 3.63) is 11.9 Å². The Morgan fingerprint density at radius 2 is 2.33 bits per heavy atom. The van der Waals surface area contributed by atoms with Gasteiger partial charge < -0.3 is 15.8 Å². The van der Waals surface area contributed by atoms with Crippen LogP contribution in [0.1, 0.15) is 39.3 Å². The van der Waals surface area contributed by atoms with Crippen LogP contribution in [0.2, 0.25) is 0 Å². The Morgan fingerprint density at radius 3 is 3.08 bits per heavy atom. The summed E-state index contributed by atoms with van der Waals surface area (Å²) < 4.78 is 7.57. The van der Waals surface area contributed by atoms with E-state index >= 15 is 0 Å². The zero-order valence-electron chi connectivity index (χ0n) is 14.7. The number of nitrogens with two attached hydrogens (primary N) is 1. The second-order valence-corrected chi connectivity index (χ2v) is 6.51. The highest BCUT2D eigenvalue weighted by atomic mass is 16.5. The molecule has 0 saturated carbocycles. The lowest BCUT2D eigenvalue weighted by atomic mass is 10.2. The van der Waals surface area contributed by atoms with Gasteiger partial charge in [0.2, 0.25) is 0 Å². The number of anilines is 1. The van der Waals surface area contributed by atoms with Gasteiger partial charge in [0, 0.05) is 32.2 Å². The molecule has 0 amide bonds. The van der Waals surface area contributed by atoms with Crippen LogP contribution < -0.4 is 15.8 Å². The third kappa shape index (κ3) is 3.59. The first-order chi connectivity index (χ1) is 11.6. The molecule has 3 N–H and O–H groups in total. The smallest absolute Gasteiger partial charge is 0.336 e. The zero-order chi connectivity index (χ0) is 17.1. The number of nitrogens with one attached hydrogen (secondary N) is 1.